The van der Waals surface area contributed by atoms with Crippen molar-refractivity contribution < 1.29 is 13.2 Å². The zero-order valence-electron chi connectivity index (χ0n) is 16.4. The first-order valence-corrected chi connectivity index (χ1v) is 11.4. The number of carbonyl (C=O) groups is 1. The zero-order chi connectivity index (χ0) is 21.1. The van der Waals surface area contributed by atoms with E-state index in [1.54, 1.807) is 48.5 Å². The summed E-state index contributed by atoms with van der Waals surface area (Å²) < 4.78 is 27.7. The summed E-state index contributed by atoms with van der Waals surface area (Å²) in [7, 11) is -3.62. The summed E-state index contributed by atoms with van der Waals surface area (Å²) in [5, 5.41) is 3.40. The third-order valence-corrected chi connectivity index (χ3v) is 7.34. The van der Waals surface area contributed by atoms with Gasteiger partial charge in [-0.1, -0.05) is 42.8 Å². The summed E-state index contributed by atoms with van der Waals surface area (Å²) in [4.78, 5) is 27.7. The predicted molar refractivity (Wildman–Crippen MR) is 115 cm³/mol. The molecule has 3 aromatic rings. The van der Waals surface area contributed by atoms with E-state index in [4.69, 9.17) is 0 Å². The fraction of sp³-hybridized carbons (Fsp3) is 0.273. The van der Waals surface area contributed by atoms with Crippen molar-refractivity contribution in [1.29, 1.82) is 0 Å². The molecule has 0 atom stereocenters. The maximum Gasteiger partial charge on any atom is 0.252 e. The number of benzene rings is 2. The molecule has 1 amide bonds. The number of nitrogens with one attached hydrogen (secondary N) is 2. The number of carbonyl (C=O) groups excluding carboxylic acids is 1. The number of fused-ring (bicyclic) bond motifs is 1. The van der Waals surface area contributed by atoms with Crippen LogP contribution in [0.1, 0.15) is 35.2 Å². The summed E-state index contributed by atoms with van der Waals surface area (Å²) in [6.45, 7) is 1.08. The Morgan fingerprint density at radius 3 is 2.50 bits per heavy atom. The standard InChI is InChI=1S/C22H23N3O4S/c26-21-14-18(17-9-3-4-10-19(17)24-21)22(27)23-15-16-8-2-5-11-20(16)30(28,29)25-12-6-1-7-13-25/h2-5,8-11,14H,1,6-7,12-13,15H2,(H,23,27)(H,24,26). The molecule has 4 rings (SSSR count). The van der Waals surface area contributed by atoms with E-state index in [1.807, 2.05) is 0 Å². The number of nitrogens with zero attached hydrogens (tertiary/aromatic N) is 1. The van der Waals surface area contributed by atoms with Gasteiger partial charge in [-0.25, -0.2) is 8.42 Å². The smallest absolute Gasteiger partial charge is 0.252 e. The largest absolute Gasteiger partial charge is 0.348 e. The molecule has 30 heavy (non-hydrogen) atoms. The highest BCUT2D eigenvalue weighted by Crippen LogP contribution is 2.24. The number of hydrogen-bond donors (Lipinski definition) is 2. The molecule has 2 aromatic carbocycles. The SMILES string of the molecule is O=C(NCc1ccccc1S(=O)(=O)N1CCCCC1)c1cc(=O)[nH]c2ccccc12. The summed E-state index contributed by atoms with van der Waals surface area (Å²) in [6, 6.07) is 15.0. The highest BCUT2D eigenvalue weighted by molar-refractivity contribution is 7.89. The number of pyridine rings is 1. The van der Waals surface area contributed by atoms with E-state index in [2.05, 4.69) is 10.3 Å². The monoisotopic (exact) mass is 425 g/mol. The lowest BCUT2D eigenvalue weighted by Gasteiger charge is -2.26. The van der Waals surface area contributed by atoms with Gasteiger partial charge in [-0.3, -0.25) is 9.59 Å². The van der Waals surface area contributed by atoms with Gasteiger partial charge in [0.2, 0.25) is 15.6 Å². The Morgan fingerprint density at radius 2 is 1.70 bits per heavy atom. The molecule has 1 aromatic heterocycles. The fourth-order valence-electron chi connectivity index (χ4n) is 3.81. The Kier molecular flexibility index (Phi) is 5.69. The minimum atomic E-state index is -3.62. The molecule has 0 aliphatic carbocycles. The predicted octanol–water partition coefficient (Wildman–Crippen LogP) is 2.63. The molecule has 7 nitrogen and oxygen atoms in total. The Morgan fingerprint density at radius 1 is 1.00 bits per heavy atom. The average molecular weight is 426 g/mol. The Labute approximate surface area is 174 Å². The van der Waals surface area contributed by atoms with E-state index in [-0.39, 0.29) is 22.6 Å². The number of aromatic nitrogens is 1. The van der Waals surface area contributed by atoms with Crippen LogP contribution in [0.15, 0.2) is 64.3 Å². The Balaban J connectivity index is 1.60. The summed E-state index contributed by atoms with van der Waals surface area (Å²) in [5.41, 5.74) is 0.978. The molecule has 2 heterocycles. The number of amides is 1. The minimum absolute atomic E-state index is 0.0448. The van der Waals surface area contributed by atoms with Gasteiger partial charge in [-0.2, -0.15) is 4.31 Å². The van der Waals surface area contributed by atoms with E-state index in [1.165, 1.54) is 10.4 Å². The number of hydrogen-bond acceptors (Lipinski definition) is 4. The van der Waals surface area contributed by atoms with Crippen molar-refractivity contribution in [1.82, 2.24) is 14.6 Å². The molecule has 0 radical (unpaired) electrons. The van der Waals surface area contributed by atoms with Crippen LogP contribution in [-0.2, 0) is 16.6 Å². The highest BCUT2D eigenvalue weighted by Gasteiger charge is 2.28. The second kappa shape index (κ2) is 8.41. The third-order valence-electron chi connectivity index (χ3n) is 5.34. The molecule has 0 saturated carbocycles. The Hall–Kier alpha value is -2.97. The first-order chi connectivity index (χ1) is 14.5. The molecule has 1 aliphatic heterocycles. The van der Waals surface area contributed by atoms with Crippen molar-refractivity contribution in [2.24, 2.45) is 0 Å². The quantitative estimate of drug-likeness (QED) is 0.656. The van der Waals surface area contributed by atoms with Gasteiger partial charge in [0.1, 0.15) is 0 Å². The third kappa shape index (κ3) is 4.01. The molecule has 0 bridgehead atoms. The Bertz CT molecular complexity index is 1240. The lowest BCUT2D eigenvalue weighted by molar-refractivity contribution is 0.0952. The van der Waals surface area contributed by atoms with Crippen molar-refractivity contribution in [2.45, 2.75) is 30.7 Å². The molecule has 0 unspecified atom stereocenters. The zero-order valence-corrected chi connectivity index (χ0v) is 17.2. The van der Waals surface area contributed by atoms with E-state index in [0.717, 1.165) is 19.3 Å². The maximum atomic E-state index is 13.1. The first kappa shape index (κ1) is 20.3. The summed E-state index contributed by atoms with van der Waals surface area (Å²) >= 11 is 0. The molecule has 156 valence electrons. The van der Waals surface area contributed by atoms with Crippen LogP contribution in [0.5, 0.6) is 0 Å². The highest BCUT2D eigenvalue weighted by atomic mass is 32.2. The van der Waals surface area contributed by atoms with Crippen molar-refractivity contribution in [2.75, 3.05) is 13.1 Å². The van der Waals surface area contributed by atoms with Gasteiger partial charge in [0.15, 0.2) is 0 Å². The van der Waals surface area contributed by atoms with Crippen LogP contribution in [0.25, 0.3) is 10.9 Å². The van der Waals surface area contributed by atoms with Gasteiger partial charge >= 0.3 is 0 Å². The number of rotatable bonds is 5. The fourth-order valence-corrected chi connectivity index (χ4v) is 5.55. The van der Waals surface area contributed by atoms with Gasteiger partial charge in [-0.05, 0) is 30.5 Å². The van der Waals surface area contributed by atoms with Crippen LogP contribution in [0.2, 0.25) is 0 Å². The van der Waals surface area contributed by atoms with Gasteiger partial charge < -0.3 is 10.3 Å². The van der Waals surface area contributed by atoms with Gasteiger partial charge in [0.25, 0.3) is 5.91 Å². The number of aromatic amines is 1. The van der Waals surface area contributed by atoms with E-state index < -0.39 is 15.9 Å². The summed E-state index contributed by atoms with van der Waals surface area (Å²) in [5.74, 6) is -0.428. The summed E-state index contributed by atoms with van der Waals surface area (Å²) in [6.07, 6.45) is 2.75. The van der Waals surface area contributed by atoms with Crippen LogP contribution in [-0.4, -0.2) is 36.7 Å². The lowest BCUT2D eigenvalue weighted by Crippen LogP contribution is -2.36. The van der Waals surface area contributed by atoms with Gasteiger partial charge in [-0.15, -0.1) is 0 Å². The van der Waals surface area contributed by atoms with E-state index in [0.29, 0.717) is 29.6 Å². The van der Waals surface area contributed by atoms with Crippen LogP contribution in [0, 0.1) is 0 Å². The molecular weight excluding hydrogens is 402 g/mol. The van der Waals surface area contributed by atoms with Crippen molar-refractivity contribution in [3.63, 3.8) is 0 Å². The molecule has 8 heteroatoms. The van der Waals surface area contributed by atoms with Crippen LogP contribution >= 0.6 is 0 Å². The topological polar surface area (TPSA) is 99.3 Å². The number of para-hydroxylation sites is 1. The van der Waals surface area contributed by atoms with Crippen molar-refractivity contribution >= 4 is 26.8 Å². The van der Waals surface area contributed by atoms with Crippen LogP contribution in [0.4, 0.5) is 0 Å². The van der Waals surface area contributed by atoms with Gasteiger partial charge in [0, 0.05) is 36.6 Å². The second-order valence-corrected chi connectivity index (χ2v) is 9.25. The lowest BCUT2D eigenvalue weighted by atomic mass is 10.1. The molecule has 0 spiro atoms. The number of H-pyrrole nitrogens is 1. The molecule has 1 aliphatic rings. The molecule has 1 saturated heterocycles. The van der Waals surface area contributed by atoms with Crippen LogP contribution in [0.3, 0.4) is 0 Å². The van der Waals surface area contributed by atoms with E-state index >= 15 is 0 Å². The number of sulfonamides is 1. The van der Waals surface area contributed by atoms with Crippen molar-refractivity contribution in [3.05, 3.63) is 76.1 Å². The van der Waals surface area contributed by atoms with Gasteiger partial charge in [0.05, 0.1) is 10.5 Å². The van der Waals surface area contributed by atoms with E-state index in [9.17, 15) is 18.0 Å². The molecule has 2 N–H and O–H groups in total. The van der Waals surface area contributed by atoms with Crippen molar-refractivity contribution in [3.8, 4) is 0 Å². The van der Waals surface area contributed by atoms with Crippen LogP contribution < -0.4 is 10.9 Å². The average Bonchev–Trinajstić information content (AvgIpc) is 2.77. The minimum Gasteiger partial charge on any atom is -0.348 e. The normalized spacial score (nSPS) is 15.2. The number of piperidine rings is 1. The molecular formula is C22H23N3O4S. The first-order valence-electron chi connectivity index (χ1n) is 9.95. The maximum absolute atomic E-state index is 13.1. The molecule has 1 fully saturated rings. The second-order valence-electron chi connectivity index (χ2n) is 7.35.